The summed E-state index contributed by atoms with van der Waals surface area (Å²) in [5.41, 5.74) is 15.0. The quantitative estimate of drug-likeness (QED) is 0.00390. The molecular formula is C68H83F5N9O23P3. The number of aliphatic hydroxyl groups is 2. The highest BCUT2D eigenvalue weighted by molar-refractivity contribution is 7.54. The van der Waals surface area contributed by atoms with E-state index in [9.17, 15) is 79.4 Å². The number of ether oxygens (including phenoxy) is 5. The van der Waals surface area contributed by atoms with Crippen molar-refractivity contribution in [2.75, 3.05) is 38.8 Å². The summed E-state index contributed by atoms with van der Waals surface area (Å²) in [6, 6.07) is 22.1. The zero-order valence-electron chi connectivity index (χ0n) is 60.3. The molecule has 4 aliphatic rings. The molecule has 588 valence electrons. The Morgan fingerprint density at radius 2 is 0.917 bits per heavy atom. The standard InChI is InChI=1S/2C25H33N4O9P.C18H17F5NO5P/c2*1-16(2)13-35-23(33)17(3)15-39(34,38-19-8-6-5-7-9-19)36-14-20-22(32)25(4,27-28-26)24(37-20)29-11-10-18(30)12-21(29)31;1-9(2)27-18(25)10(3)24-30(26,28-11-7-5-4-6-8-11)29-17-15(22)13(20)12(19)14(21)16(17)23/h2*5-11,16-17,20,22,24,32H,12-15H2,1-4H3;4-10H,1-3H3,(H,24,26)/t2*17-,20+,22+,24+,25+,39?;10-,30?/m000/s1. The molecule has 4 aromatic carbocycles. The van der Waals surface area contributed by atoms with E-state index in [0.29, 0.717) is 0 Å². The first-order chi connectivity index (χ1) is 50.7. The third-order valence-electron chi connectivity index (χ3n) is 15.8. The number of amides is 2. The molecule has 0 spiro atoms. The van der Waals surface area contributed by atoms with Gasteiger partial charge in [0.1, 0.15) is 46.6 Å². The van der Waals surface area contributed by atoms with Gasteiger partial charge < -0.3 is 52.0 Å². The number of allylic oxidation sites excluding steroid dienone is 2. The molecule has 8 rings (SSSR count). The van der Waals surface area contributed by atoms with Crippen LogP contribution in [-0.4, -0.2) is 160 Å². The van der Waals surface area contributed by atoms with E-state index in [4.69, 9.17) is 57.4 Å². The van der Waals surface area contributed by atoms with E-state index in [1.54, 1.807) is 66.7 Å². The van der Waals surface area contributed by atoms with Crippen LogP contribution in [0.1, 0.15) is 89.0 Å². The van der Waals surface area contributed by atoms with Gasteiger partial charge in [0.25, 0.3) is 0 Å². The predicted molar refractivity (Wildman–Crippen MR) is 372 cm³/mol. The topological polar surface area (TPSA) is 429 Å². The molecule has 0 bridgehead atoms. The first kappa shape index (κ1) is 87.8. The van der Waals surface area contributed by atoms with Crippen LogP contribution < -0.4 is 23.2 Å². The van der Waals surface area contributed by atoms with Gasteiger partial charge in [-0.15, -0.1) is 0 Å². The lowest BCUT2D eigenvalue weighted by atomic mass is 9.92. The summed E-state index contributed by atoms with van der Waals surface area (Å²) in [6.45, 7) is 17.1. The molecule has 4 heterocycles. The average molecular weight is 1580 g/mol. The van der Waals surface area contributed by atoms with Gasteiger partial charge in [0.05, 0.1) is 81.7 Å². The lowest BCUT2D eigenvalue weighted by molar-refractivity contribution is -0.149. The van der Waals surface area contributed by atoms with E-state index in [1.807, 2.05) is 27.7 Å². The van der Waals surface area contributed by atoms with E-state index in [2.05, 4.69) is 29.7 Å². The van der Waals surface area contributed by atoms with Gasteiger partial charge in [-0.25, -0.2) is 26.9 Å². The van der Waals surface area contributed by atoms with Crippen molar-refractivity contribution in [3.05, 3.63) is 166 Å². The number of hydrogen-bond acceptors (Lipinski definition) is 25. The van der Waals surface area contributed by atoms with Gasteiger partial charge in [0, 0.05) is 22.2 Å². The molecule has 4 aromatic rings. The maximum Gasteiger partial charge on any atom is 0.513 e. The monoisotopic (exact) mass is 1580 g/mol. The maximum absolute atomic E-state index is 14.0. The molecule has 0 aliphatic carbocycles. The molecule has 0 aromatic heterocycles. The van der Waals surface area contributed by atoms with E-state index < -0.39 is 197 Å². The minimum atomic E-state index is -4.91. The Labute approximate surface area is 617 Å². The lowest BCUT2D eigenvalue weighted by Gasteiger charge is -2.35. The molecule has 0 saturated carbocycles. The van der Waals surface area contributed by atoms with Crippen LogP contribution >= 0.6 is 22.9 Å². The molecule has 0 radical (unpaired) electrons. The van der Waals surface area contributed by atoms with Crippen LogP contribution in [0.15, 0.2) is 126 Å². The number of rotatable bonds is 32. The van der Waals surface area contributed by atoms with E-state index >= 15 is 0 Å². The van der Waals surface area contributed by atoms with Gasteiger partial charge in [-0.3, -0.25) is 52.4 Å². The molecule has 14 atom stereocenters. The number of nitrogens with one attached hydrogen (secondary N) is 1. The zero-order chi connectivity index (χ0) is 80.2. The van der Waals surface area contributed by atoms with Gasteiger partial charge in [0.2, 0.25) is 46.6 Å². The molecule has 2 amide bonds. The van der Waals surface area contributed by atoms with Crippen LogP contribution in [-0.2, 0) is 80.0 Å². The molecule has 3 unspecified atom stereocenters. The number of carbonyl (C=O) groups is 7. The Hall–Kier alpha value is -9.07. The highest BCUT2D eigenvalue weighted by atomic mass is 31.2. The number of halogens is 5. The second-order valence-electron chi connectivity index (χ2n) is 26.4. The maximum atomic E-state index is 14.0. The average Bonchev–Trinajstić information content (AvgIpc) is 1.59. The van der Waals surface area contributed by atoms with Crippen LogP contribution in [0.25, 0.3) is 20.9 Å². The molecule has 32 nitrogen and oxygen atoms in total. The van der Waals surface area contributed by atoms with E-state index in [-0.39, 0.29) is 54.6 Å². The van der Waals surface area contributed by atoms with Crippen molar-refractivity contribution in [2.24, 2.45) is 33.9 Å². The number of azide groups is 2. The second-order valence-corrected chi connectivity index (χ2v) is 32.0. The Morgan fingerprint density at radius 3 is 1.25 bits per heavy atom. The fourth-order valence-electron chi connectivity index (χ4n) is 10.3. The van der Waals surface area contributed by atoms with Crippen LogP contribution in [0.5, 0.6) is 23.0 Å². The Bertz CT molecular complexity index is 3970. The number of carbonyl (C=O) groups excluding carboxylic acids is 7. The van der Waals surface area contributed by atoms with Gasteiger partial charge in [-0.05, 0) is 106 Å². The Kier molecular flexibility index (Phi) is 31.6. The Morgan fingerprint density at radius 1 is 0.565 bits per heavy atom. The third kappa shape index (κ3) is 23.7. The largest absolute Gasteiger partial charge is 0.513 e. The fraction of sp³-hybridized carbons (Fsp3) is 0.485. The number of ketones is 2. The third-order valence-corrected chi connectivity index (χ3v) is 21.4. The Balaban J connectivity index is 0.000000256. The smallest absolute Gasteiger partial charge is 0.465 e. The van der Waals surface area contributed by atoms with Gasteiger partial charge in [-0.1, -0.05) is 106 Å². The van der Waals surface area contributed by atoms with Crippen molar-refractivity contribution in [3.63, 3.8) is 0 Å². The molecule has 3 N–H and O–H groups in total. The van der Waals surface area contributed by atoms with E-state index in [0.717, 1.165) is 9.80 Å². The summed E-state index contributed by atoms with van der Waals surface area (Å²) < 4.78 is 169. The van der Waals surface area contributed by atoms with Crippen molar-refractivity contribution in [2.45, 2.75) is 149 Å². The zero-order valence-corrected chi connectivity index (χ0v) is 63.0. The summed E-state index contributed by atoms with van der Waals surface area (Å²) in [4.78, 5) is 93.0. The normalized spacial score (nSPS) is 23.5. The molecular weight excluding hydrogens is 1500 g/mol. The van der Waals surface area contributed by atoms with Crippen molar-refractivity contribution in [3.8, 4) is 23.0 Å². The minimum absolute atomic E-state index is 0.115. The summed E-state index contributed by atoms with van der Waals surface area (Å²) in [5, 5.41) is 31.6. The second kappa shape index (κ2) is 38.8. The van der Waals surface area contributed by atoms with Gasteiger partial charge in [-0.2, -0.15) is 13.9 Å². The summed E-state index contributed by atoms with van der Waals surface area (Å²) in [7, 11) is -13.0. The van der Waals surface area contributed by atoms with Gasteiger partial charge in [0.15, 0.2) is 24.0 Å². The molecule has 40 heteroatoms. The fourth-order valence-corrected chi connectivity index (χ4v) is 15.5. The number of esters is 3. The molecule has 4 aliphatic heterocycles. The summed E-state index contributed by atoms with van der Waals surface area (Å²) in [5.74, 6) is -18.8. The van der Waals surface area contributed by atoms with Crippen molar-refractivity contribution in [1.82, 2.24) is 14.9 Å². The van der Waals surface area contributed by atoms with Crippen LogP contribution in [0.2, 0.25) is 0 Å². The number of nitrogens with zero attached hydrogens (tertiary/aromatic N) is 8. The predicted octanol–water partition coefficient (Wildman–Crippen LogP) is 12.0. The van der Waals surface area contributed by atoms with Crippen molar-refractivity contribution in [1.29, 1.82) is 0 Å². The highest BCUT2D eigenvalue weighted by Crippen LogP contribution is 2.54. The highest BCUT2D eigenvalue weighted by Gasteiger charge is 2.58. The van der Waals surface area contributed by atoms with Crippen molar-refractivity contribution >= 4 is 64.2 Å². The molecule has 108 heavy (non-hydrogen) atoms. The SMILES string of the molecule is CC(C)COC(=O)[C@@H](C)CP(=O)(OC[C@H]1O[C@@H](N2C=CC(=O)CC2=O)[C@](C)(N=[N+]=[N-])[C@@H]1O)Oc1ccccc1.CC(C)COC(=O)[C@@H](C)CP(=O)(OC[C@H]1O[C@@H](N2C=CC(=O)CC2=O)[C@](C)(N=[N+]=[N-])[C@@H]1O)Oc1ccccc1.CC(C)OC(=O)[C@H](C)NP(=O)(Oc1ccccc1)Oc1c(F)c(F)c(F)c(F)c1F. The number of hydrogen-bond donors (Lipinski definition) is 3. The van der Waals surface area contributed by atoms with Crippen LogP contribution in [0, 0.1) is 52.8 Å². The first-order valence-electron chi connectivity index (χ1n) is 33.4. The lowest BCUT2D eigenvalue weighted by Crippen LogP contribution is -2.52. The number of para-hydroxylation sites is 3. The minimum Gasteiger partial charge on any atom is -0.465 e. The van der Waals surface area contributed by atoms with Gasteiger partial charge >= 0.3 is 40.8 Å². The number of aliphatic hydroxyl groups excluding tert-OH is 2. The van der Waals surface area contributed by atoms with E-state index in [1.165, 1.54) is 97.3 Å². The summed E-state index contributed by atoms with van der Waals surface area (Å²) >= 11 is 0. The number of benzene rings is 4. The van der Waals surface area contributed by atoms with Crippen LogP contribution in [0.4, 0.5) is 22.0 Å². The molecule has 2 saturated heterocycles. The summed E-state index contributed by atoms with van der Waals surface area (Å²) in [6.07, 6.45) is -5.20. The first-order valence-corrected chi connectivity index (χ1v) is 38.4. The van der Waals surface area contributed by atoms with Crippen LogP contribution in [0.3, 0.4) is 0 Å². The molecule has 2 fully saturated rings. The van der Waals surface area contributed by atoms with Crippen molar-refractivity contribution < 1.29 is 130 Å².